The quantitative estimate of drug-likeness (QED) is 0.602. The van der Waals surface area contributed by atoms with Gasteiger partial charge in [0.05, 0.1) is 5.69 Å². The van der Waals surface area contributed by atoms with Crippen molar-refractivity contribution in [1.82, 2.24) is 9.78 Å². The van der Waals surface area contributed by atoms with Gasteiger partial charge in [-0.1, -0.05) is 0 Å². The molecule has 11 heavy (non-hydrogen) atoms. The van der Waals surface area contributed by atoms with Crippen molar-refractivity contribution in [1.29, 1.82) is 0 Å². The minimum absolute atomic E-state index is 0.582. The maximum absolute atomic E-state index is 10.1. The van der Waals surface area contributed by atoms with Gasteiger partial charge >= 0.3 is 0 Å². The van der Waals surface area contributed by atoms with Crippen molar-refractivity contribution < 1.29 is 4.79 Å². The Morgan fingerprint density at radius 1 is 1.73 bits per heavy atom. The molecule has 3 nitrogen and oxygen atoms in total. The van der Waals surface area contributed by atoms with E-state index in [4.69, 9.17) is 0 Å². The molecular weight excluding hydrogens is 140 g/mol. The molecule has 1 aromatic rings. The second-order valence-electron chi connectivity index (χ2n) is 2.61. The SMILES string of the molecule is Cc1cc(CCC=O)n(C)n1. The molecule has 0 aliphatic rings. The van der Waals surface area contributed by atoms with Crippen LogP contribution in [0.3, 0.4) is 0 Å². The average molecular weight is 152 g/mol. The summed E-state index contributed by atoms with van der Waals surface area (Å²) < 4.78 is 1.82. The van der Waals surface area contributed by atoms with Crippen LogP contribution in [0.5, 0.6) is 0 Å². The third-order valence-corrected chi connectivity index (χ3v) is 1.62. The molecule has 0 atom stereocenters. The lowest BCUT2D eigenvalue weighted by Gasteiger charge is -1.95. The lowest BCUT2D eigenvalue weighted by atomic mass is 10.2. The smallest absolute Gasteiger partial charge is 0.120 e. The summed E-state index contributed by atoms with van der Waals surface area (Å²) in [5, 5.41) is 4.16. The van der Waals surface area contributed by atoms with E-state index >= 15 is 0 Å². The monoisotopic (exact) mass is 152 g/mol. The van der Waals surface area contributed by atoms with Crippen LogP contribution in [0.25, 0.3) is 0 Å². The first-order chi connectivity index (χ1) is 5.24. The number of carbonyl (C=O) groups is 1. The highest BCUT2D eigenvalue weighted by Crippen LogP contribution is 2.03. The highest BCUT2D eigenvalue weighted by molar-refractivity contribution is 5.49. The lowest BCUT2D eigenvalue weighted by Crippen LogP contribution is -1.98. The molecule has 0 aromatic carbocycles. The van der Waals surface area contributed by atoms with Crippen LogP contribution in [0.1, 0.15) is 17.8 Å². The molecule has 60 valence electrons. The zero-order valence-electron chi connectivity index (χ0n) is 6.87. The summed E-state index contributed by atoms with van der Waals surface area (Å²) in [5.74, 6) is 0. The molecule has 0 saturated heterocycles. The third kappa shape index (κ3) is 1.90. The first-order valence-electron chi connectivity index (χ1n) is 3.67. The van der Waals surface area contributed by atoms with Crippen molar-refractivity contribution in [2.75, 3.05) is 0 Å². The van der Waals surface area contributed by atoms with E-state index in [1.165, 1.54) is 0 Å². The molecule has 0 radical (unpaired) electrons. The predicted octanol–water partition coefficient (Wildman–Crippen LogP) is 0.860. The topological polar surface area (TPSA) is 34.9 Å². The maximum atomic E-state index is 10.1. The Morgan fingerprint density at radius 2 is 2.45 bits per heavy atom. The van der Waals surface area contributed by atoms with Gasteiger partial charge in [-0.2, -0.15) is 5.10 Å². The zero-order chi connectivity index (χ0) is 8.27. The summed E-state index contributed by atoms with van der Waals surface area (Å²) in [4.78, 5) is 10.1. The van der Waals surface area contributed by atoms with Gasteiger partial charge in [0.25, 0.3) is 0 Å². The van der Waals surface area contributed by atoms with E-state index in [0.29, 0.717) is 6.42 Å². The van der Waals surface area contributed by atoms with Crippen molar-refractivity contribution in [3.8, 4) is 0 Å². The molecular formula is C8H12N2O. The van der Waals surface area contributed by atoms with Crippen LogP contribution in [0.15, 0.2) is 6.07 Å². The second kappa shape index (κ2) is 3.32. The highest BCUT2D eigenvalue weighted by Gasteiger charge is 1.99. The maximum Gasteiger partial charge on any atom is 0.120 e. The predicted molar refractivity (Wildman–Crippen MR) is 42.3 cm³/mol. The fourth-order valence-electron chi connectivity index (χ4n) is 1.11. The van der Waals surface area contributed by atoms with Gasteiger partial charge in [0.15, 0.2) is 0 Å². The Balaban J connectivity index is 2.69. The van der Waals surface area contributed by atoms with Crippen molar-refractivity contribution in [2.45, 2.75) is 19.8 Å². The number of aryl methyl sites for hydroxylation is 3. The van der Waals surface area contributed by atoms with Crippen molar-refractivity contribution in [2.24, 2.45) is 7.05 Å². The van der Waals surface area contributed by atoms with Gasteiger partial charge in [0.2, 0.25) is 0 Å². The van der Waals surface area contributed by atoms with Crippen LogP contribution < -0.4 is 0 Å². The fraction of sp³-hybridized carbons (Fsp3) is 0.500. The van der Waals surface area contributed by atoms with Crippen LogP contribution in [0.4, 0.5) is 0 Å². The molecule has 0 amide bonds. The van der Waals surface area contributed by atoms with E-state index in [2.05, 4.69) is 5.10 Å². The van der Waals surface area contributed by atoms with Crippen LogP contribution >= 0.6 is 0 Å². The minimum atomic E-state index is 0.582. The summed E-state index contributed by atoms with van der Waals surface area (Å²) in [7, 11) is 1.90. The first kappa shape index (κ1) is 7.98. The van der Waals surface area contributed by atoms with Crippen LogP contribution in [-0.4, -0.2) is 16.1 Å². The standard InChI is InChI=1S/C8H12N2O/c1-7-6-8(4-3-5-11)10(2)9-7/h5-6H,3-4H2,1-2H3. The molecule has 0 saturated carbocycles. The van der Waals surface area contributed by atoms with Crippen LogP contribution in [-0.2, 0) is 18.3 Å². The molecule has 0 bridgehead atoms. The molecule has 0 aliphatic heterocycles. The third-order valence-electron chi connectivity index (χ3n) is 1.62. The van der Waals surface area contributed by atoms with Gasteiger partial charge in [-0.15, -0.1) is 0 Å². The van der Waals surface area contributed by atoms with Crippen molar-refractivity contribution in [3.05, 3.63) is 17.5 Å². The number of hydrogen-bond acceptors (Lipinski definition) is 2. The Hall–Kier alpha value is -1.12. The van der Waals surface area contributed by atoms with Crippen LogP contribution in [0, 0.1) is 6.92 Å². The summed E-state index contributed by atoms with van der Waals surface area (Å²) in [5.41, 5.74) is 2.13. The van der Waals surface area contributed by atoms with Gasteiger partial charge < -0.3 is 4.79 Å². The summed E-state index contributed by atoms with van der Waals surface area (Å²) in [6.45, 7) is 1.95. The molecule has 1 rings (SSSR count). The normalized spacial score (nSPS) is 10.0. The van der Waals surface area contributed by atoms with E-state index < -0.39 is 0 Å². The Kier molecular flexibility index (Phi) is 2.41. The molecule has 0 unspecified atom stereocenters. The molecule has 1 aromatic heterocycles. The van der Waals surface area contributed by atoms with E-state index in [1.807, 2.05) is 24.7 Å². The molecule has 3 heteroatoms. The number of carbonyl (C=O) groups excluding carboxylic acids is 1. The van der Waals surface area contributed by atoms with E-state index in [9.17, 15) is 4.79 Å². The second-order valence-corrected chi connectivity index (χ2v) is 2.61. The van der Waals surface area contributed by atoms with E-state index in [-0.39, 0.29) is 0 Å². The molecule has 0 N–H and O–H groups in total. The van der Waals surface area contributed by atoms with Gasteiger partial charge in [0, 0.05) is 19.2 Å². The zero-order valence-corrected chi connectivity index (χ0v) is 6.87. The first-order valence-corrected chi connectivity index (χ1v) is 3.67. The van der Waals surface area contributed by atoms with Gasteiger partial charge in [0.1, 0.15) is 6.29 Å². The molecule has 1 heterocycles. The number of hydrogen-bond donors (Lipinski definition) is 0. The molecule has 0 fully saturated rings. The van der Waals surface area contributed by atoms with Crippen molar-refractivity contribution in [3.63, 3.8) is 0 Å². The molecule has 0 aliphatic carbocycles. The summed E-state index contributed by atoms with van der Waals surface area (Å²) in [6, 6.07) is 2.00. The Bertz CT molecular complexity index is 253. The lowest BCUT2D eigenvalue weighted by molar-refractivity contribution is -0.107. The van der Waals surface area contributed by atoms with E-state index in [0.717, 1.165) is 24.1 Å². The number of aldehydes is 1. The summed E-state index contributed by atoms with van der Waals surface area (Å²) in [6.07, 6.45) is 2.31. The highest BCUT2D eigenvalue weighted by atomic mass is 16.1. The summed E-state index contributed by atoms with van der Waals surface area (Å²) >= 11 is 0. The van der Waals surface area contributed by atoms with Gasteiger partial charge in [-0.3, -0.25) is 4.68 Å². The average Bonchev–Trinajstić information content (AvgIpc) is 2.26. The largest absolute Gasteiger partial charge is 0.303 e. The molecule has 0 spiro atoms. The number of rotatable bonds is 3. The fourth-order valence-corrected chi connectivity index (χ4v) is 1.11. The Labute approximate surface area is 66.0 Å². The van der Waals surface area contributed by atoms with Gasteiger partial charge in [-0.05, 0) is 19.4 Å². The number of aromatic nitrogens is 2. The van der Waals surface area contributed by atoms with E-state index in [1.54, 1.807) is 0 Å². The van der Waals surface area contributed by atoms with Crippen molar-refractivity contribution >= 4 is 6.29 Å². The Morgan fingerprint density at radius 3 is 2.91 bits per heavy atom. The minimum Gasteiger partial charge on any atom is -0.303 e. The van der Waals surface area contributed by atoms with Gasteiger partial charge in [-0.25, -0.2) is 0 Å². The van der Waals surface area contributed by atoms with Crippen LogP contribution in [0.2, 0.25) is 0 Å². The number of nitrogens with zero attached hydrogens (tertiary/aromatic N) is 2.